The van der Waals surface area contributed by atoms with Gasteiger partial charge in [-0.3, -0.25) is 4.79 Å². The number of amides is 1. The minimum atomic E-state index is -0.157. The molecule has 0 aliphatic heterocycles. The summed E-state index contributed by atoms with van der Waals surface area (Å²) in [7, 11) is 1.61. The maximum Gasteiger partial charge on any atom is 0.255 e. The normalized spacial score (nSPS) is 10.6. The monoisotopic (exact) mass is 476 g/mol. The van der Waals surface area contributed by atoms with Crippen molar-refractivity contribution in [1.29, 1.82) is 0 Å². The molecule has 1 amide bonds. The highest BCUT2D eigenvalue weighted by molar-refractivity contribution is 6.04. The molecule has 178 valence electrons. The fraction of sp³-hybridized carbons (Fsp3) is 0.0690. The first kappa shape index (κ1) is 22.9. The van der Waals surface area contributed by atoms with Crippen LogP contribution in [0.2, 0.25) is 0 Å². The van der Waals surface area contributed by atoms with E-state index in [4.69, 9.17) is 9.47 Å². The maximum atomic E-state index is 12.4. The van der Waals surface area contributed by atoms with Crippen molar-refractivity contribution in [3.8, 4) is 11.5 Å². The number of fused-ring (bicyclic) bond motifs is 1. The lowest BCUT2D eigenvalue weighted by Crippen LogP contribution is -2.11. The van der Waals surface area contributed by atoms with Gasteiger partial charge < -0.3 is 20.1 Å². The number of ether oxygens (including phenoxy) is 2. The molecule has 0 unspecified atom stereocenters. The van der Waals surface area contributed by atoms with Gasteiger partial charge in [0, 0.05) is 28.4 Å². The molecule has 0 saturated heterocycles. The van der Waals surface area contributed by atoms with Crippen molar-refractivity contribution in [3.05, 3.63) is 115 Å². The van der Waals surface area contributed by atoms with Gasteiger partial charge in [0.25, 0.3) is 5.91 Å². The molecule has 36 heavy (non-hydrogen) atoms. The SMILES string of the molecule is COc1cc2c(Nc3ccc(NC(=O)c4ccccc4)cc3)ncnc2cc1OCc1ccccc1. The lowest BCUT2D eigenvalue weighted by Gasteiger charge is -2.14. The van der Waals surface area contributed by atoms with E-state index in [0.29, 0.717) is 35.2 Å². The summed E-state index contributed by atoms with van der Waals surface area (Å²) in [6.45, 7) is 0.423. The average molecular weight is 477 g/mol. The van der Waals surface area contributed by atoms with Crippen LogP contribution >= 0.6 is 0 Å². The molecule has 4 aromatic carbocycles. The minimum absolute atomic E-state index is 0.157. The van der Waals surface area contributed by atoms with E-state index in [1.165, 1.54) is 6.33 Å². The van der Waals surface area contributed by atoms with E-state index in [-0.39, 0.29) is 5.91 Å². The van der Waals surface area contributed by atoms with Gasteiger partial charge in [0.1, 0.15) is 18.8 Å². The third-order valence-electron chi connectivity index (χ3n) is 5.60. The first-order chi connectivity index (χ1) is 17.7. The zero-order valence-electron chi connectivity index (χ0n) is 19.6. The quantitative estimate of drug-likeness (QED) is 0.277. The fourth-order valence-corrected chi connectivity index (χ4v) is 3.74. The second-order valence-corrected chi connectivity index (χ2v) is 8.04. The Morgan fingerprint density at radius 2 is 1.50 bits per heavy atom. The molecular formula is C29H24N4O3. The van der Waals surface area contributed by atoms with E-state index in [9.17, 15) is 4.79 Å². The number of nitrogens with zero attached hydrogens (tertiary/aromatic N) is 2. The van der Waals surface area contributed by atoms with Gasteiger partial charge in [0.2, 0.25) is 0 Å². The molecule has 5 aromatic rings. The number of carbonyl (C=O) groups excluding carboxylic acids is 1. The number of rotatable bonds is 8. The van der Waals surface area contributed by atoms with Crippen LogP contribution in [-0.2, 0) is 6.61 Å². The van der Waals surface area contributed by atoms with E-state index < -0.39 is 0 Å². The number of anilines is 3. The highest BCUT2D eigenvalue weighted by Crippen LogP contribution is 2.35. The fourth-order valence-electron chi connectivity index (χ4n) is 3.74. The topological polar surface area (TPSA) is 85.4 Å². The van der Waals surface area contributed by atoms with Crippen LogP contribution < -0.4 is 20.1 Å². The number of carbonyl (C=O) groups is 1. The van der Waals surface area contributed by atoms with E-state index in [0.717, 1.165) is 22.2 Å². The summed E-state index contributed by atoms with van der Waals surface area (Å²) in [5.41, 5.74) is 3.91. The first-order valence-electron chi connectivity index (χ1n) is 11.4. The van der Waals surface area contributed by atoms with Crippen molar-refractivity contribution in [2.75, 3.05) is 17.7 Å². The van der Waals surface area contributed by atoms with Gasteiger partial charge in [-0.1, -0.05) is 48.5 Å². The molecule has 0 aliphatic rings. The Hall–Kier alpha value is -4.91. The zero-order valence-corrected chi connectivity index (χ0v) is 19.6. The van der Waals surface area contributed by atoms with Crippen LogP contribution in [0.4, 0.5) is 17.2 Å². The van der Waals surface area contributed by atoms with Crippen molar-refractivity contribution in [3.63, 3.8) is 0 Å². The Bertz CT molecular complexity index is 1470. The molecule has 7 nitrogen and oxygen atoms in total. The van der Waals surface area contributed by atoms with Gasteiger partial charge >= 0.3 is 0 Å². The Kier molecular flexibility index (Phi) is 6.71. The number of hydrogen-bond acceptors (Lipinski definition) is 6. The molecule has 7 heteroatoms. The Balaban J connectivity index is 1.33. The Morgan fingerprint density at radius 3 is 2.22 bits per heavy atom. The smallest absolute Gasteiger partial charge is 0.255 e. The number of methoxy groups -OCH3 is 1. The van der Waals surface area contributed by atoms with Crippen LogP contribution in [-0.4, -0.2) is 23.0 Å². The predicted molar refractivity (Wildman–Crippen MR) is 141 cm³/mol. The standard InChI is InChI=1S/C29H24N4O3/c1-35-26-16-24-25(17-27(26)36-18-20-8-4-2-5-9-20)30-19-31-28(24)32-22-12-14-23(15-13-22)33-29(34)21-10-6-3-7-11-21/h2-17,19H,18H2,1H3,(H,33,34)(H,30,31,32). The van der Waals surface area contributed by atoms with Gasteiger partial charge in [0.05, 0.1) is 12.6 Å². The molecular weight excluding hydrogens is 452 g/mol. The van der Waals surface area contributed by atoms with Gasteiger partial charge in [0.15, 0.2) is 11.5 Å². The summed E-state index contributed by atoms with van der Waals surface area (Å²) in [5.74, 6) is 1.68. The summed E-state index contributed by atoms with van der Waals surface area (Å²) in [6.07, 6.45) is 1.51. The Morgan fingerprint density at radius 1 is 0.806 bits per heavy atom. The average Bonchev–Trinajstić information content (AvgIpc) is 2.93. The van der Waals surface area contributed by atoms with E-state index >= 15 is 0 Å². The van der Waals surface area contributed by atoms with Gasteiger partial charge in [-0.25, -0.2) is 9.97 Å². The molecule has 0 radical (unpaired) electrons. The van der Waals surface area contributed by atoms with Gasteiger partial charge in [-0.2, -0.15) is 0 Å². The number of aromatic nitrogens is 2. The van der Waals surface area contributed by atoms with Crippen LogP contribution in [0.25, 0.3) is 10.9 Å². The molecule has 0 bridgehead atoms. The summed E-state index contributed by atoms with van der Waals surface area (Å²) >= 11 is 0. The second kappa shape index (κ2) is 10.6. The number of hydrogen-bond donors (Lipinski definition) is 2. The van der Waals surface area contributed by atoms with E-state index in [1.807, 2.05) is 84.9 Å². The maximum absolute atomic E-state index is 12.4. The van der Waals surface area contributed by atoms with Crippen LogP contribution in [0.15, 0.2) is 103 Å². The summed E-state index contributed by atoms with van der Waals surface area (Å²) in [6, 6.07) is 30.2. The first-order valence-corrected chi connectivity index (χ1v) is 11.4. The molecule has 0 saturated carbocycles. The van der Waals surface area contributed by atoms with Crippen molar-refractivity contribution in [2.24, 2.45) is 0 Å². The van der Waals surface area contributed by atoms with Crippen molar-refractivity contribution < 1.29 is 14.3 Å². The molecule has 5 rings (SSSR count). The zero-order chi connectivity index (χ0) is 24.7. The molecule has 2 N–H and O–H groups in total. The molecule has 1 aromatic heterocycles. The second-order valence-electron chi connectivity index (χ2n) is 8.04. The minimum Gasteiger partial charge on any atom is -0.493 e. The molecule has 1 heterocycles. The summed E-state index contributed by atoms with van der Waals surface area (Å²) < 4.78 is 11.6. The third-order valence-corrected chi connectivity index (χ3v) is 5.60. The van der Waals surface area contributed by atoms with Crippen molar-refractivity contribution in [1.82, 2.24) is 9.97 Å². The predicted octanol–water partition coefficient (Wildman–Crippen LogP) is 6.21. The molecule has 0 spiro atoms. The number of nitrogens with one attached hydrogen (secondary N) is 2. The highest BCUT2D eigenvalue weighted by Gasteiger charge is 2.12. The van der Waals surface area contributed by atoms with Gasteiger partial charge in [-0.15, -0.1) is 0 Å². The van der Waals surface area contributed by atoms with E-state index in [1.54, 1.807) is 19.2 Å². The summed E-state index contributed by atoms with van der Waals surface area (Å²) in [4.78, 5) is 21.2. The molecule has 0 atom stereocenters. The molecule has 0 aliphatic carbocycles. The van der Waals surface area contributed by atoms with Crippen LogP contribution in [0.3, 0.4) is 0 Å². The van der Waals surface area contributed by atoms with Crippen LogP contribution in [0.1, 0.15) is 15.9 Å². The van der Waals surface area contributed by atoms with E-state index in [2.05, 4.69) is 20.6 Å². The summed E-state index contributed by atoms with van der Waals surface area (Å²) in [5, 5.41) is 7.02. The third kappa shape index (κ3) is 5.26. The highest BCUT2D eigenvalue weighted by atomic mass is 16.5. The van der Waals surface area contributed by atoms with Gasteiger partial charge in [-0.05, 0) is 48.0 Å². The lowest BCUT2D eigenvalue weighted by atomic mass is 10.2. The van der Waals surface area contributed by atoms with Crippen LogP contribution in [0.5, 0.6) is 11.5 Å². The Labute approximate surface area is 208 Å². The largest absolute Gasteiger partial charge is 0.493 e. The van der Waals surface area contributed by atoms with Crippen molar-refractivity contribution >= 4 is 34.0 Å². The molecule has 0 fully saturated rings. The number of benzene rings is 4. The van der Waals surface area contributed by atoms with Crippen molar-refractivity contribution in [2.45, 2.75) is 6.61 Å². The lowest BCUT2D eigenvalue weighted by molar-refractivity contribution is 0.102. The van der Waals surface area contributed by atoms with Crippen LogP contribution in [0, 0.1) is 0 Å².